The molecule has 0 atom stereocenters. The molecule has 2 nitrogen and oxygen atoms in total. The van der Waals surface area contributed by atoms with Crippen LogP contribution in [-0.4, -0.2) is 5.11 Å². The van der Waals surface area contributed by atoms with Gasteiger partial charge >= 0.3 is 0 Å². The van der Waals surface area contributed by atoms with E-state index in [4.69, 9.17) is 4.74 Å². The van der Waals surface area contributed by atoms with E-state index in [1.54, 1.807) is 23.5 Å². The van der Waals surface area contributed by atoms with Crippen molar-refractivity contribution in [3.8, 4) is 11.5 Å². The van der Waals surface area contributed by atoms with E-state index in [9.17, 15) is 5.11 Å². The van der Waals surface area contributed by atoms with Crippen LogP contribution in [0.25, 0.3) is 10.1 Å². The van der Waals surface area contributed by atoms with Gasteiger partial charge in [-0.25, -0.2) is 0 Å². The minimum absolute atomic E-state index is 0.294. The summed E-state index contributed by atoms with van der Waals surface area (Å²) in [6.45, 7) is 2.57. The van der Waals surface area contributed by atoms with Crippen LogP contribution in [0, 0.1) is 6.92 Å². The van der Waals surface area contributed by atoms with Crippen molar-refractivity contribution in [2.45, 2.75) is 13.5 Å². The van der Waals surface area contributed by atoms with E-state index in [1.807, 2.05) is 37.3 Å². The summed E-state index contributed by atoms with van der Waals surface area (Å²) >= 11 is 1.67. The number of phenolic OH excluding ortho intramolecular Hbond substituents is 1. The molecule has 1 N–H and O–H groups in total. The molecule has 0 saturated heterocycles. The molecule has 19 heavy (non-hydrogen) atoms. The second kappa shape index (κ2) is 4.94. The van der Waals surface area contributed by atoms with Crippen LogP contribution in [0.1, 0.15) is 11.1 Å². The molecular weight excluding hydrogens is 256 g/mol. The van der Waals surface area contributed by atoms with Crippen LogP contribution in [0.4, 0.5) is 0 Å². The van der Waals surface area contributed by atoms with Gasteiger partial charge in [-0.2, -0.15) is 0 Å². The zero-order chi connectivity index (χ0) is 13.2. The molecule has 1 heterocycles. The summed E-state index contributed by atoms with van der Waals surface area (Å²) in [7, 11) is 0. The van der Waals surface area contributed by atoms with Gasteiger partial charge in [-0.3, -0.25) is 0 Å². The van der Waals surface area contributed by atoms with Gasteiger partial charge in [0.1, 0.15) is 18.1 Å². The normalized spacial score (nSPS) is 10.8. The predicted molar refractivity (Wildman–Crippen MR) is 79.0 cm³/mol. The highest BCUT2D eigenvalue weighted by Crippen LogP contribution is 2.30. The van der Waals surface area contributed by atoms with E-state index >= 15 is 0 Å². The Morgan fingerprint density at radius 1 is 1.16 bits per heavy atom. The topological polar surface area (TPSA) is 29.5 Å². The Balaban J connectivity index is 1.84. The molecule has 0 aliphatic rings. The molecule has 0 bridgehead atoms. The number of ether oxygens (including phenoxy) is 1. The lowest BCUT2D eigenvalue weighted by molar-refractivity contribution is 0.308. The lowest BCUT2D eigenvalue weighted by Gasteiger charge is -2.06. The average molecular weight is 270 g/mol. The minimum atomic E-state index is 0.294. The Kier molecular flexibility index (Phi) is 3.13. The van der Waals surface area contributed by atoms with Crippen molar-refractivity contribution in [1.82, 2.24) is 0 Å². The number of hydrogen-bond donors (Lipinski definition) is 1. The van der Waals surface area contributed by atoms with Gasteiger partial charge in [0.15, 0.2) is 0 Å². The zero-order valence-electron chi connectivity index (χ0n) is 10.6. The fourth-order valence-corrected chi connectivity index (χ4v) is 2.98. The molecule has 96 valence electrons. The minimum Gasteiger partial charge on any atom is -0.508 e. The highest BCUT2D eigenvalue weighted by molar-refractivity contribution is 7.17. The highest BCUT2D eigenvalue weighted by Gasteiger charge is 2.06. The van der Waals surface area contributed by atoms with Crippen LogP contribution in [-0.2, 0) is 6.61 Å². The molecule has 0 amide bonds. The fourth-order valence-electron chi connectivity index (χ4n) is 2.05. The van der Waals surface area contributed by atoms with Gasteiger partial charge in [0.05, 0.1) is 0 Å². The molecule has 3 heteroatoms. The molecule has 0 fully saturated rings. The Labute approximate surface area is 115 Å². The summed E-state index contributed by atoms with van der Waals surface area (Å²) in [5, 5.41) is 12.7. The molecular formula is C16H14O2S. The zero-order valence-corrected chi connectivity index (χ0v) is 11.4. The Morgan fingerprint density at radius 3 is 2.89 bits per heavy atom. The second-order valence-electron chi connectivity index (χ2n) is 4.55. The van der Waals surface area contributed by atoms with E-state index in [-0.39, 0.29) is 0 Å². The third kappa shape index (κ3) is 2.56. The summed E-state index contributed by atoms with van der Waals surface area (Å²) in [6.07, 6.45) is 0. The number of rotatable bonds is 3. The molecule has 0 radical (unpaired) electrons. The molecule has 0 aliphatic carbocycles. The summed E-state index contributed by atoms with van der Waals surface area (Å²) in [6, 6.07) is 13.5. The lowest BCUT2D eigenvalue weighted by atomic mass is 10.2. The first kappa shape index (κ1) is 12.1. The van der Waals surface area contributed by atoms with Gasteiger partial charge in [0.25, 0.3) is 0 Å². The van der Waals surface area contributed by atoms with E-state index in [2.05, 4.69) is 5.38 Å². The van der Waals surface area contributed by atoms with Gasteiger partial charge in [-0.15, -0.1) is 11.3 Å². The first-order chi connectivity index (χ1) is 9.22. The Morgan fingerprint density at radius 2 is 2.05 bits per heavy atom. The number of hydrogen-bond acceptors (Lipinski definition) is 3. The van der Waals surface area contributed by atoms with Crippen LogP contribution in [0.3, 0.4) is 0 Å². The molecule has 1 aromatic heterocycles. The molecule has 0 aliphatic heterocycles. The van der Waals surface area contributed by atoms with Gasteiger partial charge in [-0.05, 0) is 48.2 Å². The van der Waals surface area contributed by atoms with Crippen molar-refractivity contribution in [3.63, 3.8) is 0 Å². The van der Waals surface area contributed by atoms with Gasteiger partial charge in [-0.1, -0.05) is 12.1 Å². The average Bonchev–Trinajstić information content (AvgIpc) is 2.79. The van der Waals surface area contributed by atoms with Crippen LogP contribution in [0.2, 0.25) is 0 Å². The number of benzene rings is 2. The first-order valence-electron chi connectivity index (χ1n) is 6.11. The number of phenols is 1. The van der Waals surface area contributed by atoms with Crippen molar-refractivity contribution in [3.05, 3.63) is 59.0 Å². The predicted octanol–water partition coefficient (Wildman–Crippen LogP) is 4.49. The maximum Gasteiger partial charge on any atom is 0.120 e. The standard InChI is InChI=1S/C16H14O2S/c1-11-3-2-4-14(7-11)18-9-12-10-19-16-6-5-13(17)8-15(12)16/h2-8,10,17H,9H2,1H3. The summed E-state index contributed by atoms with van der Waals surface area (Å²) < 4.78 is 6.97. The van der Waals surface area contributed by atoms with Crippen molar-refractivity contribution < 1.29 is 9.84 Å². The maximum absolute atomic E-state index is 9.56. The smallest absolute Gasteiger partial charge is 0.120 e. The van der Waals surface area contributed by atoms with Gasteiger partial charge in [0, 0.05) is 15.6 Å². The molecule has 2 aromatic carbocycles. The Bertz CT molecular complexity index is 716. The third-order valence-corrected chi connectivity index (χ3v) is 4.03. The van der Waals surface area contributed by atoms with E-state index in [0.717, 1.165) is 16.7 Å². The van der Waals surface area contributed by atoms with Crippen molar-refractivity contribution in [2.24, 2.45) is 0 Å². The Hall–Kier alpha value is -2.00. The lowest BCUT2D eigenvalue weighted by Crippen LogP contribution is -1.94. The maximum atomic E-state index is 9.56. The van der Waals surface area contributed by atoms with E-state index in [1.165, 1.54) is 10.3 Å². The molecule has 3 aromatic rings. The van der Waals surface area contributed by atoms with Crippen molar-refractivity contribution in [1.29, 1.82) is 0 Å². The SMILES string of the molecule is Cc1cccc(OCc2csc3ccc(O)cc23)c1. The number of aryl methyl sites for hydroxylation is 1. The number of aromatic hydroxyl groups is 1. The highest BCUT2D eigenvalue weighted by atomic mass is 32.1. The van der Waals surface area contributed by atoms with E-state index < -0.39 is 0 Å². The fraction of sp³-hybridized carbons (Fsp3) is 0.125. The van der Waals surface area contributed by atoms with Gasteiger partial charge in [0.2, 0.25) is 0 Å². The second-order valence-corrected chi connectivity index (χ2v) is 5.46. The number of fused-ring (bicyclic) bond motifs is 1. The monoisotopic (exact) mass is 270 g/mol. The summed E-state index contributed by atoms with van der Waals surface area (Å²) in [5.74, 6) is 1.17. The quantitative estimate of drug-likeness (QED) is 0.759. The van der Waals surface area contributed by atoms with Crippen molar-refractivity contribution in [2.75, 3.05) is 0 Å². The molecule has 0 spiro atoms. The van der Waals surface area contributed by atoms with Crippen LogP contribution < -0.4 is 4.74 Å². The molecule has 3 rings (SSSR count). The first-order valence-corrected chi connectivity index (χ1v) is 6.99. The number of thiophene rings is 1. The summed E-state index contributed by atoms with van der Waals surface area (Å²) in [4.78, 5) is 0. The van der Waals surface area contributed by atoms with Gasteiger partial charge < -0.3 is 9.84 Å². The van der Waals surface area contributed by atoms with E-state index in [0.29, 0.717) is 12.4 Å². The molecule has 0 saturated carbocycles. The third-order valence-electron chi connectivity index (χ3n) is 3.02. The van der Waals surface area contributed by atoms with Crippen molar-refractivity contribution >= 4 is 21.4 Å². The summed E-state index contributed by atoms with van der Waals surface area (Å²) in [5.41, 5.74) is 2.29. The largest absolute Gasteiger partial charge is 0.508 e. The van der Waals surface area contributed by atoms with Crippen LogP contribution >= 0.6 is 11.3 Å². The van der Waals surface area contributed by atoms with Crippen LogP contribution in [0.15, 0.2) is 47.8 Å². The van der Waals surface area contributed by atoms with Crippen LogP contribution in [0.5, 0.6) is 11.5 Å². The molecule has 0 unspecified atom stereocenters.